The lowest BCUT2D eigenvalue weighted by Crippen LogP contribution is -2.41. The van der Waals surface area contributed by atoms with Crippen molar-refractivity contribution < 1.29 is 17.9 Å². The first-order valence-electron chi connectivity index (χ1n) is 7.04. The van der Waals surface area contributed by atoms with Crippen molar-refractivity contribution in [3.05, 3.63) is 53.6 Å². The molecule has 8 heteroatoms. The van der Waals surface area contributed by atoms with Crippen LogP contribution in [0.5, 0.6) is 5.75 Å². The number of ether oxygens (including phenoxy) is 1. The Morgan fingerprint density at radius 2 is 1.83 bits per heavy atom. The second-order valence-electron chi connectivity index (χ2n) is 5.02. The van der Waals surface area contributed by atoms with Gasteiger partial charge in [0.2, 0.25) is 15.9 Å². The summed E-state index contributed by atoms with van der Waals surface area (Å²) in [5.41, 5.74) is 0.489. The van der Waals surface area contributed by atoms with Gasteiger partial charge >= 0.3 is 0 Å². The lowest BCUT2D eigenvalue weighted by Gasteiger charge is -2.15. The van der Waals surface area contributed by atoms with Crippen LogP contribution in [0.4, 0.5) is 5.69 Å². The summed E-state index contributed by atoms with van der Waals surface area (Å²) in [6.45, 7) is 1.46. The van der Waals surface area contributed by atoms with E-state index in [-0.39, 0.29) is 4.90 Å². The average molecular weight is 369 g/mol. The average Bonchev–Trinajstić information content (AvgIpc) is 2.54. The van der Waals surface area contributed by atoms with Gasteiger partial charge in [0, 0.05) is 10.7 Å². The molecule has 1 atom stereocenters. The van der Waals surface area contributed by atoms with E-state index in [0.717, 1.165) is 0 Å². The van der Waals surface area contributed by atoms with Gasteiger partial charge in [-0.25, -0.2) is 8.42 Å². The van der Waals surface area contributed by atoms with E-state index in [1.165, 1.54) is 38.3 Å². The van der Waals surface area contributed by atoms with Crippen molar-refractivity contribution in [2.24, 2.45) is 0 Å². The van der Waals surface area contributed by atoms with Gasteiger partial charge in [0.25, 0.3) is 0 Å². The molecule has 0 saturated heterocycles. The van der Waals surface area contributed by atoms with Gasteiger partial charge in [-0.3, -0.25) is 4.79 Å². The molecule has 0 aliphatic rings. The van der Waals surface area contributed by atoms with Crippen molar-refractivity contribution in [2.75, 3.05) is 12.4 Å². The molecule has 0 aromatic heterocycles. The Kier molecular flexibility index (Phi) is 5.82. The molecule has 2 aromatic rings. The Bertz CT molecular complexity index is 822. The lowest BCUT2D eigenvalue weighted by molar-refractivity contribution is -0.117. The number of hydrogen-bond donors (Lipinski definition) is 2. The van der Waals surface area contributed by atoms with Crippen molar-refractivity contribution >= 4 is 33.2 Å². The summed E-state index contributed by atoms with van der Waals surface area (Å²) in [6.07, 6.45) is 0. The zero-order chi connectivity index (χ0) is 17.7. The largest absolute Gasteiger partial charge is 0.497 e. The summed E-state index contributed by atoms with van der Waals surface area (Å²) in [7, 11) is -2.33. The van der Waals surface area contributed by atoms with Crippen LogP contribution in [0.2, 0.25) is 5.02 Å². The van der Waals surface area contributed by atoms with Crippen LogP contribution >= 0.6 is 11.6 Å². The summed E-state index contributed by atoms with van der Waals surface area (Å²) < 4.78 is 31.9. The third-order valence-electron chi connectivity index (χ3n) is 3.19. The summed E-state index contributed by atoms with van der Waals surface area (Å²) >= 11 is 5.85. The summed E-state index contributed by atoms with van der Waals surface area (Å²) in [5.74, 6) is 0.0510. The van der Waals surface area contributed by atoms with E-state index in [1.54, 1.807) is 24.3 Å². The van der Waals surface area contributed by atoms with Crippen molar-refractivity contribution in [1.82, 2.24) is 4.72 Å². The first-order chi connectivity index (χ1) is 11.3. The van der Waals surface area contributed by atoms with Gasteiger partial charge in [0.1, 0.15) is 5.75 Å². The Balaban J connectivity index is 2.06. The molecular formula is C16H17ClN2O4S. The van der Waals surface area contributed by atoms with Gasteiger partial charge < -0.3 is 10.1 Å². The van der Waals surface area contributed by atoms with Crippen LogP contribution in [0.1, 0.15) is 6.92 Å². The molecule has 0 saturated carbocycles. The fraction of sp³-hybridized carbons (Fsp3) is 0.188. The van der Waals surface area contributed by atoms with Crippen LogP contribution in [0, 0.1) is 0 Å². The number of hydrogen-bond acceptors (Lipinski definition) is 4. The number of benzene rings is 2. The van der Waals surface area contributed by atoms with E-state index >= 15 is 0 Å². The molecule has 0 heterocycles. The van der Waals surface area contributed by atoms with E-state index in [9.17, 15) is 13.2 Å². The van der Waals surface area contributed by atoms with Gasteiger partial charge in [-0.05, 0) is 49.4 Å². The first kappa shape index (κ1) is 18.3. The third-order valence-corrected chi connectivity index (χ3v) is 4.98. The normalized spacial score (nSPS) is 12.5. The maximum absolute atomic E-state index is 12.3. The van der Waals surface area contributed by atoms with E-state index in [2.05, 4.69) is 10.0 Å². The second kappa shape index (κ2) is 7.65. The Labute approximate surface area is 145 Å². The SMILES string of the molecule is COc1ccc(S(=O)(=O)N[C@@H](C)C(=O)Nc2cccc(Cl)c2)cc1. The summed E-state index contributed by atoms with van der Waals surface area (Å²) in [6, 6.07) is 11.5. The molecule has 0 radical (unpaired) electrons. The summed E-state index contributed by atoms with van der Waals surface area (Å²) in [4.78, 5) is 12.2. The molecule has 1 amide bonds. The number of anilines is 1. The molecule has 2 rings (SSSR count). The standard InChI is InChI=1S/C16H17ClN2O4S/c1-11(16(20)18-13-5-3-4-12(17)10-13)19-24(21,22)15-8-6-14(23-2)7-9-15/h3-11,19H,1-2H3,(H,18,20)/t11-/m0/s1. The number of rotatable bonds is 6. The zero-order valence-electron chi connectivity index (χ0n) is 13.1. The number of amides is 1. The van der Waals surface area contributed by atoms with E-state index < -0.39 is 22.0 Å². The molecule has 0 unspecified atom stereocenters. The quantitative estimate of drug-likeness (QED) is 0.820. The predicted molar refractivity (Wildman–Crippen MR) is 92.9 cm³/mol. The minimum atomic E-state index is -3.82. The molecule has 2 N–H and O–H groups in total. The smallest absolute Gasteiger partial charge is 0.242 e. The second-order valence-corrected chi connectivity index (χ2v) is 7.17. The molecule has 0 bridgehead atoms. The highest BCUT2D eigenvalue weighted by molar-refractivity contribution is 7.89. The maximum Gasteiger partial charge on any atom is 0.242 e. The number of carbonyl (C=O) groups is 1. The molecule has 0 spiro atoms. The molecule has 2 aromatic carbocycles. The number of sulfonamides is 1. The first-order valence-corrected chi connectivity index (χ1v) is 8.91. The van der Waals surface area contributed by atoms with Crippen molar-refractivity contribution in [3.63, 3.8) is 0 Å². The molecular weight excluding hydrogens is 352 g/mol. The zero-order valence-corrected chi connectivity index (χ0v) is 14.7. The number of nitrogens with one attached hydrogen (secondary N) is 2. The fourth-order valence-electron chi connectivity index (χ4n) is 1.93. The Morgan fingerprint density at radius 3 is 2.42 bits per heavy atom. The van der Waals surface area contributed by atoms with E-state index in [0.29, 0.717) is 16.5 Å². The van der Waals surface area contributed by atoms with Crippen LogP contribution < -0.4 is 14.8 Å². The van der Waals surface area contributed by atoms with Gasteiger partial charge in [0.15, 0.2) is 0 Å². The molecule has 6 nitrogen and oxygen atoms in total. The van der Waals surface area contributed by atoms with Crippen LogP contribution in [0.25, 0.3) is 0 Å². The monoisotopic (exact) mass is 368 g/mol. The number of methoxy groups -OCH3 is 1. The number of halogens is 1. The third kappa shape index (κ3) is 4.70. The molecule has 0 aliphatic carbocycles. The van der Waals surface area contributed by atoms with E-state index in [1.807, 2.05) is 0 Å². The predicted octanol–water partition coefficient (Wildman–Crippen LogP) is 2.65. The topological polar surface area (TPSA) is 84.5 Å². The lowest BCUT2D eigenvalue weighted by atomic mass is 10.3. The molecule has 128 valence electrons. The van der Waals surface area contributed by atoms with Gasteiger partial charge in [-0.1, -0.05) is 17.7 Å². The van der Waals surface area contributed by atoms with Crippen molar-refractivity contribution in [3.8, 4) is 5.75 Å². The van der Waals surface area contributed by atoms with Crippen LogP contribution in [-0.4, -0.2) is 27.5 Å². The minimum Gasteiger partial charge on any atom is -0.497 e. The van der Waals surface area contributed by atoms with Gasteiger partial charge in [-0.2, -0.15) is 4.72 Å². The minimum absolute atomic E-state index is 0.0469. The van der Waals surface area contributed by atoms with Gasteiger partial charge in [-0.15, -0.1) is 0 Å². The molecule has 0 fully saturated rings. The van der Waals surface area contributed by atoms with Crippen LogP contribution in [-0.2, 0) is 14.8 Å². The Hall–Kier alpha value is -2.09. The Morgan fingerprint density at radius 1 is 1.17 bits per heavy atom. The van der Waals surface area contributed by atoms with Crippen molar-refractivity contribution in [2.45, 2.75) is 17.9 Å². The maximum atomic E-state index is 12.3. The van der Waals surface area contributed by atoms with E-state index in [4.69, 9.17) is 16.3 Å². The summed E-state index contributed by atoms with van der Waals surface area (Å²) in [5, 5.41) is 3.08. The molecule has 0 aliphatic heterocycles. The highest BCUT2D eigenvalue weighted by atomic mass is 35.5. The van der Waals surface area contributed by atoms with Gasteiger partial charge in [0.05, 0.1) is 18.0 Å². The molecule has 24 heavy (non-hydrogen) atoms. The number of carbonyl (C=O) groups excluding carboxylic acids is 1. The van der Waals surface area contributed by atoms with Crippen LogP contribution in [0.3, 0.4) is 0 Å². The van der Waals surface area contributed by atoms with Crippen LogP contribution in [0.15, 0.2) is 53.4 Å². The highest BCUT2D eigenvalue weighted by Gasteiger charge is 2.22. The van der Waals surface area contributed by atoms with Crippen molar-refractivity contribution in [1.29, 1.82) is 0 Å². The highest BCUT2D eigenvalue weighted by Crippen LogP contribution is 2.17. The fourth-order valence-corrected chi connectivity index (χ4v) is 3.32.